The molecular weight excluding hydrogens is 416 g/mol. The summed E-state index contributed by atoms with van der Waals surface area (Å²) in [6.45, 7) is 25.2. The van der Waals surface area contributed by atoms with Crippen LogP contribution in [0.4, 0.5) is 0 Å². The third-order valence-electron chi connectivity index (χ3n) is 6.54. The number of rotatable bonds is 9. The van der Waals surface area contributed by atoms with E-state index >= 15 is 0 Å². The molecular formula is C22H44O6Si2. The third kappa shape index (κ3) is 7.87. The van der Waals surface area contributed by atoms with Crippen molar-refractivity contribution in [1.29, 1.82) is 0 Å². The van der Waals surface area contributed by atoms with Crippen LogP contribution in [-0.4, -0.2) is 60.9 Å². The van der Waals surface area contributed by atoms with Gasteiger partial charge in [-0.2, -0.15) is 0 Å². The summed E-state index contributed by atoms with van der Waals surface area (Å²) < 4.78 is 29.9. The van der Waals surface area contributed by atoms with Crippen LogP contribution >= 0.6 is 0 Å². The molecule has 1 saturated heterocycles. The standard InChI is InChI=1S/C22H44O6Si2/c1-12-24-19(23)13-14-20-27-17(15-25-29(8,9)21(2,3)4)18(28-20)16-26-30(10,11)22(5,6)7/h13-14,17-18,20H,12,15-16H2,1-11H3/b14-13+/t17-,18-/m0/s1. The van der Waals surface area contributed by atoms with E-state index in [1.807, 2.05) is 0 Å². The van der Waals surface area contributed by atoms with E-state index in [1.54, 1.807) is 13.0 Å². The third-order valence-corrected chi connectivity index (χ3v) is 15.5. The van der Waals surface area contributed by atoms with Crippen molar-refractivity contribution < 1.29 is 27.9 Å². The zero-order valence-corrected chi connectivity index (χ0v) is 23.0. The summed E-state index contributed by atoms with van der Waals surface area (Å²) in [5, 5.41) is 0.228. The molecule has 0 saturated carbocycles. The fraction of sp³-hybridized carbons (Fsp3) is 0.864. The van der Waals surface area contributed by atoms with Crippen LogP contribution in [0.5, 0.6) is 0 Å². The molecule has 0 aliphatic carbocycles. The van der Waals surface area contributed by atoms with Gasteiger partial charge in [-0.1, -0.05) is 41.5 Å². The molecule has 0 N–H and O–H groups in total. The minimum absolute atomic E-state index is 0.114. The maximum Gasteiger partial charge on any atom is 0.330 e. The molecule has 1 aliphatic heterocycles. The van der Waals surface area contributed by atoms with Crippen molar-refractivity contribution in [3.8, 4) is 0 Å². The average molecular weight is 461 g/mol. The molecule has 0 bridgehead atoms. The molecule has 1 aliphatic rings. The Labute approximate surface area is 185 Å². The first kappa shape index (κ1) is 27.5. The summed E-state index contributed by atoms with van der Waals surface area (Å²) in [4.78, 5) is 11.6. The molecule has 1 fully saturated rings. The topological polar surface area (TPSA) is 63.2 Å². The Bertz CT molecular complexity index is 551. The molecule has 0 aromatic carbocycles. The summed E-state index contributed by atoms with van der Waals surface area (Å²) in [6, 6.07) is 0. The first-order valence-corrected chi connectivity index (χ1v) is 16.8. The average Bonchev–Trinajstić information content (AvgIpc) is 2.97. The van der Waals surface area contributed by atoms with Gasteiger partial charge in [0.1, 0.15) is 12.2 Å². The molecule has 30 heavy (non-hydrogen) atoms. The van der Waals surface area contributed by atoms with Crippen LogP contribution in [0.15, 0.2) is 12.2 Å². The van der Waals surface area contributed by atoms with Crippen molar-refractivity contribution in [2.75, 3.05) is 19.8 Å². The highest BCUT2D eigenvalue weighted by Crippen LogP contribution is 2.38. The first-order valence-electron chi connectivity index (χ1n) is 10.9. The van der Waals surface area contributed by atoms with Gasteiger partial charge >= 0.3 is 5.97 Å². The van der Waals surface area contributed by atoms with E-state index in [2.05, 4.69) is 67.7 Å². The fourth-order valence-corrected chi connectivity index (χ4v) is 4.33. The quantitative estimate of drug-likeness (QED) is 0.266. The number of carbonyl (C=O) groups excluding carboxylic acids is 1. The Morgan fingerprint density at radius 2 is 1.27 bits per heavy atom. The van der Waals surface area contributed by atoms with Crippen LogP contribution in [0.25, 0.3) is 0 Å². The first-order chi connectivity index (χ1) is 13.5. The van der Waals surface area contributed by atoms with Crippen LogP contribution in [0.2, 0.25) is 36.3 Å². The highest BCUT2D eigenvalue weighted by atomic mass is 28.4. The SMILES string of the molecule is CCOC(=O)/C=C/C1O[C@@H](CO[Si](C)(C)C(C)(C)C)[C@H](CO[Si](C)(C)C(C)(C)C)O1. The molecule has 0 spiro atoms. The molecule has 1 rings (SSSR count). The zero-order chi connectivity index (χ0) is 23.4. The number of ether oxygens (including phenoxy) is 3. The Morgan fingerprint density at radius 3 is 1.60 bits per heavy atom. The molecule has 2 atom stereocenters. The predicted molar refractivity (Wildman–Crippen MR) is 126 cm³/mol. The summed E-state index contributed by atoms with van der Waals surface area (Å²) >= 11 is 0. The molecule has 0 aromatic rings. The van der Waals surface area contributed by atoms with Crippen molar-refractivity contribution in [2.45, 2.75) is 103 Å². The Hall–Kier alpha value is -0.516. The summed E-state index contributed by atoms with van der Waals surface area (Å²) in [5.74, 6) is -0.403. The molecule has 0 amide bonds. The number of carbonyl (C=O) groups is 1. The van der Waals surface area contributed by atoms with Crippen molar-refractivity contribution >= 4 is 22.6 Å². The molecule has 0 radical (unpaired) electrons. The van der Waals surface area contributed by atoms with Gasteiger partial charge in [0.15, 0.2) is 22.9 Å². The Kier molecular flexibility index (Phi) is 9.54. The van der Waals surface area contributed by atoms with Gasteiger partial charge in [0.2, 0.25) is 0 Å². The lowest BCUT2D eigenvalue weighted by Crippen LogP contribution is -2.46. The van der Waals surface area contributed by atoms with E-state index in [1.165, 1.54) is 6.08 Å². The number of hydrogen-bond donors (Lipinski definition) is 0. The van der Waals surface area contributed by atoms with Crippen molar-refractivity contribution in [1.82, 2.24) is 0 Å². The normalized spacial score (nSPS) is 22.1. The van der Waals surface area contributed by atoms with Gasteiger partial charge in [0, 0.05) is 6.08 Å². The zero-order valence-electron chi connectivity index (χ0n) is 21.0. The van der Waals surface area contributed by atoms with Crippen molar-refractivity contribution in [3.05, 3.63) is 12.2 Å². The van der Waals surface area contributed by atoms with Crippen LogP contribution < -0.4 is 0 Å². The minimum Gasteiger partial charge on any atom is -0.463 e. The Morgan fingerprint density at radius 1 is 0.867 bits per heavy atom. The largest absolute Gasteiger partial charge is 0.463 e. The number of esters is 1. The molecule has 1 heterocycles. The second kappa shape index (κ2) is 10.4. The molecule has 0 aromatic heterocycles. The van der Waals surface area contributed by atoms with Gasteiger partial charge in [0.05, 0.1) is 19.8 Å². The van der Waals surface area contributed by atoms with E-state index in [0.717, 1.165) is 0 Å². The van der Waals surface area contributed by atoms with Crippen LogP contribution in [0, 0.1) is 0 Å². The lowest BCUT2D eigenvalue weighted by molar-refractivity contribution is -0.137. The highest BCUT2D eigenvalue weighted by Gasteiger charge is 2.43. The maximum atomic E-state index is 11.6. The summed E-state index contributed by atoms with van der Waals surface area (Å²) in [5.41, 5.74) is 0. The van der Waals surface area contributed by atoms with Crippen molar-refractivity contribution in [2.24, 2.45) is 0 Å². The van der Waals surface area contributed by atoms with E-state index in [0.29, 0.717) is 19.8 Å². The van der Waals surface area contributed by atoms with E-state index in [4.69, 9.17) is 23.1 Å². The highest BCUT2D eigenvalue weighted by molar-refractivity contribution is 6.74. The van der Waals surface area contributed by atoms with Gasteiger partial charge in [-0.15, -0.1) is 0 Å². The van der Waals surface area contributed by atoms with E-state index in [-0.39, 0.29) is 22.3 Å². The smallest absolute Gasteiger partial charge is 0.330 e. The summed E-state index contributed by atoms with van der Waals surface area (Å²) in [6.07, 6.45) is 1.85. The maximum absolute atomic E-state index is 11.6. The van der Waals surface area contributed by atoms with Gasteiger partial charge in [-0.25, -0.2) is 4.79 Å². The Balaban J connectivity index is 2.86. The van der Waals surface area contributed by atoms with Gasteiger partial charge in [-0.05, 0) is 49.3 Å². The van der Waals surface area contributed by atoms with E-state index in [9.17, 15) is 4.79 Å². The predicted octanol–water partition coefficient (Wildman–Crippen LogP) is 5.26. The second-order valence-electron chi connectivity index (χ2n) is 11.0. The molecule has 6 nitrogen and oxygen atoms in total. The minimum atomic E-state index is -1.92. The number of hydrogen-bond acceptors (Lipinski definition) is 6. The fourth-order valence-electron chi connectivity index (χ4n) is 2.30. The molecule has 8 heteroatoms. The van der Waals surface area contributed by atoms with Crippen LogP contribution in [-0.2, 0) is 27.9 Å². The van der Waals surface area contributed by atoms with E-state index < -0.39 is 28.9 Å². The van der Waals surface area contributed by atoms with Crippen LogP contribution in [0.3, 0.4) is 0 Å². The lowest BCUT2D eigenvalue weighted by Gasteiger charge is -2.38. The lowest BCUT2D eigenvalue weighted by atomic mass is 10.2. The van der Waals surface area contributed by atoms with Gasteiger partial charge in [0.25, 0.3) is 0 Å². The second-order valence-corrected chi connectivity index (χ2v) is 20.6. The van der Waals surface area contributed by atoms with Crippen molar-refractivity contribution in [3.63, 3.8) is 0 Å². The molecule has 176 valence electrons. The monoisotopic (exact) mass is 460 g/mol. The van der Waals surface area contributed by atoms with Gasteiger partial charge < -0.3 is 23.1 Å². The molecule has 0 unspecified atom stereocenters. The summed E-state index contributed by atoms with van der Waals surface area (Å²) in [7, 11) is -3.84. The van der Waals surface area contributed by atoms with Gasteiger partial charge in [-0.3, -0.25) is 0 Å². The van der Waals surface area contributed by atoms with Crippen LogP contribution in [0.1, 0.15) is 48.5 Å².